The van der Waals surface area contributed by atoms with Gasteiger partial charge in [0.2, 0.25) is 0 Å². The molecule has 0 saturated heterocycles. The maximum atomic E-state index is 4.69. The van der Waals surface area contributed by atoms with Crippen LogP contribution in [0.4, 0.5) is 0 Å². The molecule has 1 heteroatoms. The van der Waals surface area contributed by atoms with Gasteiger partial charge in [-0.3, -0.25) is 4.99 Å². The van der Waals surface area contributed by atoms with Crippen LogP contribution in [0.25, 0.3) is 0 Å². The molecule has 21 heavy (non-hydrogen) atoms. The molecule has 0 N–H and O–H groups in total. The van der Waals surface area contributed by atoms with Crippen LogP contribution in [-0.2, 0) is 6.42 Å². The van der Waals surface area contributed by atoms with Gasteiger partial charge in [0, 0.05) is 30.7 Å². The Kier molecular flexibility index (Phi) is 4.49. The van der Waals surface area contributed by atoms with Gasteiger partial charge in [-0.25, -0.2) is 0 Å². The number of benzene rings is 2. The lowest BCUT2D eigenvalue weighted by Gasteiger charge is -2.04. The van der Waals surface area contributed by atoms with Crippen molar-refractivity contribution in [3.05, 3.63) is 71.8 Å². The van der Waals surface area contributed by atoms with Gasteiger partial charge in [0.1, 0.15) is 0 Å². The fraction of sp³-hybridized carbons (Fsp3) is 0.250. The lowest BCUT2D eigenvalue weighted by molar-refractivity contribution is 0.613. The van der Waals surface area contributed by atoms with Gasteiger partial charge >= 0.3 is 0 Å². The van der Waals surface area contributed by atoms with E-state index in [2.05, 4.69) is 59.3 Å². The van der Waals surface area contributed by atoms with Gasteiger partial charge in [0.25, 0.3) is 0 Å². The molecule has 1 aliphatic heterocycles. The Morgan fingerprint density at radius 3 is 2.43 bits per heavy atom. The summed E-state index contributed by atoms with van der Waals surface area (Å²) in [6.45, 7) is 0.936. The third-order valence-corrected chi connectivity index (χ3v) is 3.75. The van der Waals surface area contributed by atoms with E-state index < -0.39 is 0 Å². The molecule has 0 aliphatic carbocycles. The van der Waals surface area contributed by atoms with Crippen LogP contribution in [0.3, 0.4) is 0 Å². The van der Waals surface area contributed by atoms with E-state index >= 15 is 0 Å². The summed E-state index contributed by atoms with van der Waals surface area (Å²) in [6, 6.07) is 20.8. The Morgan fingerprint density at radius 2 is 1.67 bits per heavy atom. The minimum Gasteiger partial charge on any atom is -0.293 e. The molecule has 1 heterocycles. The van der Waals surface area contributed by atoms with Crippen LogP contribution < -0.4 is 0 Å². The van der Waals surface area contributed by atoms with Gasteiger partial charge < -0.3 is 0 Å². The Labute approximate surface area is 126 Å². The van der Waals surface area contributed by atoms with Crippen LogP contribution >= 0.6 is 0 Å². The van der Waals surface area contributed by atoms with Gasteiger partial charge in [0.15, 0.2) is 0 Å². The molecular weight excluding hydrogens is 254 g/mol. The fourth-order valence-electron chi connectivity index (χ4n) is 2.64. The average molecular weight is 273 g/mol. The maximum absolute atomic E-state index is 4.69. The number of hydrogen-bond donors (Lipinski definition) is 0. The number of aliphatic imine (C=N–C) groups is 1. The first-order chi connectivity index (χ1) is 10.4. The summed E-state index contributed by atoms with van der Waals surface area (Å²) in [5.74, 6) is 7.14. The number of hydrogen-bond acceptors (Lipinski definition) is 1. The van der Waals surface area contributed by atoms with E-state index in [9.17, 15) is 0 Å². The predicted molar refractivity (Wildman–Crippen MR) is 88.5 cm³/mol. The van der Waals surface area contributed by atoms with Crippen molar-refractivity contribution in [2.45, 2.75) is 19.3 Å². The highest BCUT2D eigenvalue weighted by Gasteiger charge is 2.17. The topological polar surface area (TPSA) is 12.4 Å². The fourth-order valence-corrected chi connectivity index (χ4v) is 2.64. The minimum absolute atomic E-state index is 0.597. The summed E-state index contributed by atoms with van der Waals surface area (Å²) in [5, 5.41) is 0. The van der Waals surface area contributed by atoms with E-state index in [0.717, 1.165) is 31.4 Å². The zero-order valence-electron chi connectivity index (χ0n) is 12.1. The summed E-state index contributed by atoms with van der Waals surface area (Å²) in [6.07, 6.45) is 3.03. The Bertz CT molecular complexity index is 659. The highest BCUT2D eigenvalue weighted by molar-refractivity contribution is 5.88. The first-order valence-electron chi connectivity index (χ1n) is 7.50. The van der Waals surface area contributed by atoms with Crippen molar-refractivity contribution in [1.82, 2.24) is 0 Å². The first-order valence-corrected chi connectivity index (χ1v) is 7.50. The van der Waals surface area contributed by atoms with E-state index in [1.807, 2.05) is 18.2 Å². The Hall–Kier alpha value is -2.33. The molecule has 1 atom stereocenters. The predicted octanol–water partition coefficient (Wildman–Crippen LogP) is 4.13. The Morgan fingerprint density at radius 1 is 0.952 bits per heavy atom. The van der Waals surface area contributed by atoms with Crippen LogP contribution in [0, 0.1) is 17.8 Å². The van der Waals surface area contributed by atoms with Crippen molar-refractivity contribution in [2.24, 2.45) is 10.9 Å². The lowest BCUT2D eigenvalue weighted by Crippen LogP contribution is -2.04. The normalized spacial score (nSPS) is 17.0. The van der Waals surface area contributed by atoms with E-state index in [0.29, 0.717) is 5.92 Å². The molecule has 1 aliphatic rings. The zero-order chi connectivity index (χ0) is 14.3. The second kappa shape index (κ2) is 6.90. The monoisotopic (exact) mass is 273 g/mol. The summed E-state index contributed by atoms with van der Waals surface area (Å²) in [4.78, 5) is 4.69. The van der Waals surface area contributed by atoms with Crippen LogP contribution in [0.2, 0.25) is 0 Å². The van der Waals surface area contributed by atoms with Gasteiger partial charge in [-0.1, -0.05) is 60.4 Å². The third-order valence-electron chi connectivity index (χ3n) is 3.75. The van der Waals surface area contributed by atoms with Crippen molar-refractivity contribution in [1.29, 1.82) is 0 Å². The van der Waals surface area contributed by atoms with Crippen molar-refractivity contribution >= 4 is 5.71 Å². The molecule has 2 aromatic rings. The summed E-state index contributed by atoms with van der Waals surface area (Å²) >= 11 is 0. The first kappa shape index (κ1) is 13.6. The van der Waals surface area contributed by atoms with Crippen molar-refractivity contribution < 1.29 is 0 Å². The van der Waals surface area contributed by atoms with Crippen LogP contribution in [0.15, 0.2) is 65.7 Å². The summed E-state index contributed by atoms with van der Waals surface area (Å²) < 4.78 is 0. The highest BCUT2D eigenvalue weighted by Crippen LogP contribution is 2.19. The molecule has 0 radical (unpaired) electrons. The summed E-state index contributed by atoms with van der Waals surface area (Å²) in [5.41, 5.74) is 3.78. The van der Waals surface area contributed by atoms with E-state index in [1.165, 1.54) is 11.3 Å². The van der Waals surface area contributed by atoms with E-state index in [4.69, 9.17) is 0 Å². The van der Waals surface area contributed by atoms with Gasteiger partial charge in [0.05, 0.1) is 0 Å². The molecular formula is C20H19N. The quantitative estimate of drug-likeness (QED) is 0.746. The second-order valence-corrected chi connectivity index (χ2v) is 5.51. The molecule has 0 saturated carbocycles. The van der Waals surface area contributed by atoms with Crippen LogP contribution in [0.5, 0.6) is 0 Å². The summed E-state index contributed by atoms with van der Waals surface area (Å²) in [7, 11) is 0. The van der Waals surface area contributed by atoms with Crippen molar-refractivity contribution in [2.75, 3.05) is 6.54 Å². The minimum atomic E-state index is 0.597. The molecule has 0 fully saturated rings. The maximum Gasteiger partial charge on any atom is 0.0429 e. The molecule has 1 nitrogen and oxygen atoms in total. The lowest BCUT2D eigenvalue weighted by atomic mass is 9.98. The van der Waals surface area contributed by atoms with E-state index in [1.54, 1.807) is 0 Å². The molecule has 104 valence electrons. The van der Waals surface area contributed by atoms with E-state index in [-0.39, 0.29) is 0 Å². The molecule has 0 bridgehead atoms. The van der Waals surface area contributed by atoms with Gasteiger partial charge in [-0.15, -0.1) is 0 Å². The zero-order valence-corrected chi connectivity index (χ0v) is 12.1. The largest absolute Gasteiger partial charge is 0.293 e. The van der Waals surface area contributed by atoms with Crippen LogP contribution in [-0.4, -0.2) is 12.3 Å². The van der Waals surface area contributed by atoms with Crippen molar-refractivity contribution in [3.8, 4) is 11.8 Å². The molecule has 3 rings (SSSR count). The third kappa shape index (κ3) is 4.07. The second-order valence-electron chi connectivity index (χ2n) is 5.51. The number of rotatable bonds is 3. The molecule has 0 amide bonds. The Balaban J connectivity index is 1.50. The number of nitrogens with zero attached hydrogens (tertiary/aromatic N) is 1. The smallest absolute Gasteiger partial charge is 0.0429 e. The van der Waals surface area contributed by atoms with Crippen molar-refractivity contribution in [3.63, 3.8) is 0 Å². The molecule has 2 aromatic carbocycles. The van der Waals surface area contributed by atoms with Crippen LogP contribution in [0.1, 0.15) is 24.0 Å². The van der Waals surface area contributed by atoms with Gasteiger partial charge in [-0.05, 0) is 30.0 Å². The van der Waals surface area contributed by atoms with Gasteiger partial charge in [-0.2, -0.15) is 0 Å². The molecule has 0 spiro atoms. The SMILES string of the molecule is C(#Cc1ccccc1)CC1CN=C(Cc2ccccc2)C1. The molecule has 1 unspecified atom stereocenters. The average Bonchev–Trinajstić information content (AvgIpc) is 2.97. The molecule has 0 aromatic heterocycles. The standard InChI is InChI=1S/C20H19N/c1-3-8-17(9-4-1)12-7-13-19-15-20(21-16-19)14-18-10-5-2-6-11-18/h1-6,8-11,19H,13-16H2. The highest BCUT2D eigenvalue weighted by atomic mass is 14.8.